The number of hydrogen-bond acceptors (Lipinski definition) is 5. The molecule has 0 atom stereocenters. The molecule has 0 fully saturated rings. The standard InChI is InChI=1S/C12H10Cl3N3O2/c1-2-19-11-10(16)12(18-5-17-11)20-9-4-7(14)6(13)3-8(9)15/h3-5H,2,16H2,1H3. The van der Waals surface area contributed by atoms with Crippen LogP contribution in [0, 0.1) is 0 Å². The van der Waals surface area contributed by atoms with E-state index in [9.17, 15) is 0 Å². The van der Waals surface area contributed by atoms with Crippen molar-refractivity contribution in [2.45, 2.75) is 6.92 Å². The maximum Gasteiger partial charge on any atom is 0.249 e. The number of halogens is 3. The van der Waals surface area contributed by atoms with Gasteiger partial charge in [-0.1, -0.05) is 34.8 Å². The van der Waals surface area contributed by atoms with Crippen LogP contribution >= 0.6 is 34.8 Å². The predicted octanol–water partition coefficient (Wildman–Crippen LogP) is 4.21. The molecule has 0 aliphatic rings. The lowest BCUT2D eigenvalue weighted by Gasteiger charge is -2.11. The fourth-order valence-corrected chi connectivity index (χ4v) is 1.96. The Bertz CT molecular complexity index is 638. The van der Waals surface area contributed by atoms with E-state index in [2.05, 4.69) is 9.97 Å². The van der Waals surface area contributed by atoms with Crippen molar-refractivity contribution in [1.82, 2.24) is 9.97 Å². The van der Waals surface area contributed by atoms with Crippen LogP contribution < -0.4 is 15.2 Å². The van der Waals surface area contributed by atoms with Gasteiger partial charge < -0.3 is 15.2 Å². The fourth-order valence-electron chi connectivity index (χ4n) is 1.38. The van der Waals surface area contributed by atoms with E-state index in [1.54, 1.807) is 0 Å². The number of nitrogens with zero attached hydrogens (tertiary/aromatic N) is 2. The number of benzene rings is 1. The minimum atomic E-state index is 0.128. The molecular weight excluding hydrogens is 325 g/mol. The van der Waals surface area contributed by atoms with Crippen LogP contribution in [0.1, 0.15) is 6.92 Å². The maximum atomic E-state index is 6.02. The number of hydrogen-bond donors (Lipinski definition) is 1. The zero-order valence-corrected chi connectivity index (χ0v) is 12.6. The molecule has 0 amide bonds. The Morgan fingerprint density at radius 2 is 1.70 bits per heavy atom. The molecule has 8 heteroatoms. The second kappa shape index (κ2) is 6.35. The van der Waals surface area contributed by atoms with Crippen molar-refractivity contribution in [3.05, 3.63) is 33.5 Å². The Balaban J connectivity index is 2.35. The molecule has 0 radical (unpaired) electrons. The SMILES string of the molecule is CCOc1ncnc(Oc2cc(Cl)c(Cl)cc2Cl)c1N. The second-order valence-corrected chi connectivity index (χ2v) is 4.85. The smallest absolute Gasteiger partial charge is 0.249 e. The molecule has 0 aliphatic heterocycles. The van der Waals surface area contributed by atoms with Gasteiger partial charge in [0, 0.05) is 6.07 Å². The zero-order valence-electron chi connectivity index (χ0n) is 10.4. The first-order valence-corrected chi connectivity index (χ1v) is 6.72. The Hall–Kier alpha value is -1.43. The van der Waals surface area contributed by atoms with Crippen molar-refractivity contribution in [1.29, 1.82) is 0 Å². The second-order valence-electron chi connectivity index (χ2n) is 3.63. The van der Waals surface area contributed by atoms with E-state index in [0.717, 1.165) is 0 Å². The molecule has 5 nitrogen and oxygen atoms in total. The monoisotopic (exact) mass is 333 g/mol. The van der Waals surface area contributed by atoms with Gasteiger partial charge in [0.2, 0.25) is 11.8 Å². The predicted molar refractivity (Wildman–Crippen MR) is 79.2 cm³/mol. The molecule has 2 aromatic rings. The third kappa shape index (κ3) is 3.17. The van der Waals surface area contributed by atoms with Crippen LogP contribution in [0.2, 0.25) is 15.1 Å². The lowest BCUT2D eigenvalue weighted by Crippen LogP contribution is -2.03. The largest absolute Gasteiger partial charge is 0.476 e. The third-order valence-electron chi connectivity index (χ3n) is 2.27. The van der Waals surface area contributed by atoms with Gasteiger partial charge in [-0.15, -0.1) is 0 Å². The number of nitrogens with two attached hydrogens (primary N) is 1. The highest BCUT2D eigenvalue weighted by Gasteiger charge is 2.14. The Morgan fingerprint density at radius 3 is 2.40 bits per heavy atom. The summed E-state index contributed by atoms with van der Waals surface area (Å²) in [6, 6.07) is 2.95. The van der Waals surface area contributed by atoms with Gasteiger partial charge in [-0.2, -0.15) is 9.97 Å². The summed E-state index contributed by atoms with van der Waals surface area (Å²) in [5.74, 6) is 0.659. The van der Waals surface area contributed by atoms with Crippen LogP contribution in [0.25, 0.3) is 0 Å². The van der Waals surface area contributed by atoms with E-state index >= 15 is 0 Å². The van der Waals surface area contributed by atoms with Gasteiger partial charge in [-0.3, -0.25) is 0 Å². The summed E-state index contributed by atoms with van der Waals surface area (Å²) in [4.78, 5) is 7.84. The van der Waals surface area contributed by atoms with Gasteiger partial charge in [0.15, 0.2) is 5.69 Å². The van der Waals surface area contributed by atoms with Crippen LogP contribution in [0.4, 0.5) is 5.69 Å². The molecule has 106 valence electrons. The summed E-state index contributed by atoms with van der Waals surface area (Å²) in [6.45, 7) is 2.24. The van der Waals surface area contributed by atoms with Gasteiger partial charge in [0.25, 0.3) is 0 Å². The number of aromatic nitrogens is 2. The van der Waals surface area contributed by atoms with Gasteiger partial charge >= 0.3 is 0 Å². The van der Waals surface area contributed by atoms with Crippen molar-refractivity contribution in [2.75, 3.05) is 12.3 Å². The van der Waals surface area contributed by atoms with Crippen LogP contribution in [0.5, 0.6) is 17.5 Å². The first-order valence-electron chi connectivity index (χ1n) is 5.58. The Labute approximate surface area is 130 Å². The van der Waals surface area contributed by atoms with E-state index in [4.69, 9.17) is 50.0 Å². The molecule has 0 bridgehead atoms. The minimum Gasteiger partial charge on any atom is -0.476 e. The van der Waals surface area contributed by atoms with E-state index in [1.807, 2.05) is 6.92 Å². The average molecular weight is 335 g/mol. The van der Waals surface area contributed by atoms with Gasteiger partial charge in [0.05, 0.1) is 21.7 Å². The molecule has 0 saturated carbocycles. The van der Waals surface area contributed by atoms with E-state index in [-0.39, 0.29) is 28.2 Å². The topological polar surface area (TPSA) is 70.3 Å². The van der Waals surface area contributed by atoms with Crippen molar-refractivity contribution in [3.63, 3.8) is 0 Å². The van der Waals surface area contributed by atoms with Crippen LogP contribution in [0.3, 0.4) is 0 Å². The summed E-state index contributed by atoms with van der Waals surface area (Å²) >= 11 is 17.8. The lowest BCUT2D eigenvalue weighted by molar-refractivity contribution is 0.325. The Kier molecular flexibility index (Phi) is 4.75. The zero-order chi connectivity index (χ0) is 14.7. The maximum absolute atomic E-state index is 6.02. The van der Waals surface area contributed by atoms with Crippen LogP contribution in [-0.4, -0.2) is 16.6 Å². The minimum absolute atomic E-state index is 0.128. The average Bonchev–Trinajstić information content (AvgIpc) is 2.40. The highest BCUT2D eigenvalue weighted by atomic mass is 35.5. The first kappa shape index (κ1) is 15.0. The number of anilines is 1. The molecule has 2 rings (SSSR count). The summed E-state index contributed by atoms with van der Waals surface area (Å²) in [7, 11) is 0. The summed E-state index contributed by atoms with van der Waals surface area (Å²) in [5.41, 5.74) is 6.04. The van der Waals surface area contributed by atoms with Crippen molar-refractivity contribution in [3.8, 4) is 17.5 Å². The lowest BCUT2D eigenvalue weighted by atomic mass is 10.3. The van der Waals surface area contributed by atoms with Crippen LogP contribution in [-0.2, 0) is 0 Å². The molecule has 20 heavy (non-hydrogen) atoms. The molecule has 1 aromatic carbocycles. The molecule has 0 unspecified atom stereocenters. The highest BCUT2D eigenvalue weighted by molar-refractivity contribution is 6.43. The molecule has 0 spiro atoms. The van der Waals surface area contributed by atoms with Gasteiger partial charge in [0.1, 0.15) is 12.1 Å². The summed E-state index contributed by atoms with van der Waals surface area (Å²) in [6.07, 6.45) is 1.28. The number of rotatable bonds is 4. The molecule has 1 heterocycles. The Morgan fingerprint density at radius 1 is 1.05 bits per heavy atom. The number of nitrogen functional groups attached to an aromatic ring is 1. The third-order valence-corrected chi connectivity index (χ3v) is 3.29. The molecule has 0 aliphatic carbocycles. The number of ether oxygens (including phenoxy) is 2. The summed E-state index contributed by atoms with van der Waals surface area (Å²) in [5, 5.41) is 0.925. The molecule has 2 N–H and O–H groups in total. The quantitative estimate of drug-likeness (QED) is 0.848. The van der Waals surface area contributed by atoms with E-state index in [1.165, 1.54) is 18.5 Å². The van der Waals surface area contributed by atoms with Gasteiger partial charge in [-0.05, 0) is 13.0 Å². The van der Waals surface area contributed by atoms with Crippen LogP contribution in [0.15, 0.2) is 18.5 Å². The molecule has 1 aromatic heterocycles. The van der Waals surface area contributed by atoms with Gasteiger partial charge in [-0.25, -0.2) is 0 Å². The van der Waals surface area contributed by atoms with E-state index < -0.39 is 0 Å². The normalized spacial score (nSPS) is 10.4. The summed E-state index contributed by atoms with van der Waals surface area (Å²) < 4.78 is 10.8. The fraction of sp³-hybridized carbons (Fsp3) is 0.167. The molecular formula is C12H10Cl3N3O2. The molecule has 0 saturated heterocycles. The van der Waals surface area contributed by atoms with Crippen molar-refractivity contribution in [2.24, 2.45) is 0 Å². The van der Waals surface area contributed by atoms with Crippen molar-refractivity contribution >= 4 is 40.5 Å². The highest BCUT2D eigenvalue weighted by Crippen LogP contribution is 2.38. The van der Waals surface area contributed by atoms with Crippen molar-refractivity contribution < 1.29 is 9.47 Å². The first-order chi connectivity index (χ1) is 9.52. The van der Waals surface area contributed by atoms with E-state index in [0.29, 0.717) is 16.7 Å².